The molecule has 0 aliphatic rings. The van der Waals surface area contributed by atoms with Crippen molar-refractivity contribution in [2.45, 2.75) is 46.1 Å². The highest BCUT2D eigenvalue weighted by Gasteiger charge is 2.16. The molecule has 0 aromatic carbocycles. The molecule has 1 atom stereocenters. The third-order valence-electron chi connectivity index (χ3n) is 3.13. The van der Waals surface area contributed by atoms with Crippen LogP contribution in [0.25, 0.3) is 0 Å². The normalized spacial score (nSPS) is 13.3. The summed E-state index contributed by atoms with van der Waals surface area (Å²) in [5, 5.41) is 3.12. The summed E-state index contributed by atoms with van der Waals surface area (Å²) in [5.74, 6) is 0.953. The van der Waals surface area contributed by atoms with E-state index in [0.717, 1.165) is 19.4 Å². The van der Waals surface area contributed by atoms with E-state index in [1.54, 1.807) is 17.0 Å². The quantitative estimate of drug-likeness (QED) is 0.770. The van der Waals surface area contributed by atoms with E-state index in [9.17, 15) is 4.79 Å². The SMILES string of the molecule is CC(CN)CCCNc1nccn(C(C)(C)C)c1=O. The smallest absolute Gasteiger partial charge is 0.293 e. The van der Waals surface area contributed by atoms with Crippen LogP contribution in [0.4, 0.5) is 5.82 Å². The molecule has 1 aromatic heterocycles. The Morgan fingerprint density at radius 2 is 2.16 bits per heavy atom. The van der Waals surface area contributed by atoms with Gasteiger partial charge in [0.15, 0.2) is 5.82 Å². The van der Waals surface area contributed by atoms with Crippen LogP contribution in [0.2, 0.25) is 0 Å². The topological polar surface area (TPSA) is 72.9 Å². The predicted octanol–water partition coefficient (Wildman–Crippen LogP) is 1.79. The summed E-state index contributed by atoms with van der Waals surface area (Å²) in [4.78, 5) is 16.3. The maximum absolute atomic E-state index is 12.2. The molecule has 1 unspecified atom stereocenters. The zero-order valence-corrected chi connectivity index (χ0v) is 12.4. The van der Waals surface area contributed by atoms with Gasteiger partial charge in [-0.1, -0.05) is 6.92 Å². The lowest BCUT2D eigenvalue weighted by Gasteiger charge is -2.22. The van der Waals surface area contributed by atoms with Gasteiger partial charge in [-0.2, -0.15) is 0 Å². The molecule has 3 N–H and O–H groups in total. The first kappa shape index (κ1) is 15.7. The van der Waals surface area contributed by atoms with Gasteiger partial charge in [-0.05, 0) is 46.1 Å². The first-order valence-electron chi connectivity index (χ1n) is 6.88. The fraction of sp³-hybridized carbons (Fsp3) is 0.714. The lowest BCUT2D eigenvalue weighted by molar-refractivity contribution is 0.383. The number of rotatable bonds is 6. The molecule has 0 amide bonds. The van der Waals surface area contributed by atoms with Crippen LogP contribution in [0.1, 0.15) is 40.5 Å². The fourth-order valence-electron chi connectivity index (χ4n) is 1.84. The van der Waals surface area contributed by atoms with Gasteiger partial charge < -0.3 is 15.6 Å². The molecule has 0 fully saturated rings. The molecule has 1 aromatic rings. The van der Waals surface area contributed by atoms with E-state index in [1.807, 2.05) is 20.8 Å². The largest absolute Gasteiger partial charge is 0.365 e. The Bertz CT molecular complexity index is 447. The minimum Gasteiger partial charge on any atom is -0.365 e. The van der Waals surface area contributed by atoms with E-state index in [4.69, 9.17) is 5.73 Å². The van der Waals surface area contributed by atoms with Crippen molar-refractivity contribution in [1.82, 2.24) is 9.55 Å². The zero-order valence-electron chi connectivity index (χ0n) is 12.4. The summed E-state index contributed by atoms with van der Waals surface area (Å²) in [7, 11) is 0. The van der Waals surface area contributed by atoms with E-state index >= 15 is 0 Å². The third kappa shape index (κ3) is 4.67. The van der Waals surface area contributed by atoms with Gasteiger partial charge in [0.1, 0.15) is 0 Å². The molecule has 0 aliphatic heterocycles. The molecule has 0 saturated carbocycles. The molecule has 0 radical (unpaired) electrons. The van der Waals surface area contributed by atoms with Crippen molar-refractivity contribution in [1.29, 1.82) is 0 Å². The minimum atomic E-state index is -0.232. The minimum absolute atomic E-state index is 0.0677. The number of hydrogen-bond donors (Lipinski definition) is 2. The third-order valence-corrected chi connectivity index (χ3v) is 3.13. The number of aromatic nitrogens is 2. The van der Waals surface area contributed by atoms with Gasteiger partial charge in [0.2, 0.25) is 0 Å². The number of anilines is 1. The first-order valence-corrected chi connectivity index (χ1v) is 6.88. The average molecular weight is 266 g/mol. The van der Waals surface area contributed by atoms with Crippen LogP contribution in [0.3, 0.4) is 0 Å². The van der Waals surface area contributed by atoms with Gasteiger partial charge in [-0.3, -0.25) is 4.79 Å². The second-order valence-electron chi connectivity index (χ2n) is 6.03. The molecular weight excluding hydrogens is 240 g/mol. The van der Waals surface area contributed by atoms with Crippen LogP contribution in [-0.4, -0.2) is 22.6 Å². The van der Waals surface area contributed by atoms with Crippen LogP contribution in [0.15, 0.2) is 17.2 Å². The van der Waals surface area contributed by atoms with Gasteiger partial charge in [-0.15, -0.1) is 0 Å². The van der Waals surface area contributed by atoms with Crippen molar-refractivity contribution >= 4 is 5.82 Å². The molecule has 5 nitrogen and oxygen atoms in total. The molecule has 0 aliphatic carbocycles. The maximum Gasteiger partial charge on any atom is 0.293 e. The Hall–Kier alpha value is -1.36. The number of nitrogens with zero attached hydrogens (tertiary/aromatic N) is 2. The monoisotopic (exact) mass is 266 g/mol. The van der Waals surface area contributed by atoms with Crippen molar-refractivity contribution in [2.24, 2.45) is 11.7 Å². The van der Waals surface area contributed by atoms with Gasteiger partial charge in [-0.25, -0.2) is 4.98 Å². The van der Waals surface area contributed by atoms with Crippen molar-refractivity contribution in [3.63, 3.8) is 0 Å². The molecule has 0 bridgehead atoms. The molecule has 108 valence electrons. The van der Waals surface area contributed by atoms with Crippen LogP contribution in [0, 0.1) is 5.92 Å². The highest BCUT2D eigenvalue weighted by molar-refractivity contribution is 5.30. The summed E-state index contributed by atoms with van der Waals surface area (Å²) in [6, 6.07) is 0. The first-order chi connectivity index (χ1) is 8.86. The Labute approximate surface area is 115 Å². The van der Waals surface area contributed by atoms with E-state index in [0.29, 0.717) is 18.3 Å². The van der Waals surface area contributed by atoms with Crippen LogP contribution < -0.4 is 16.6 Å². The van der Waals surface area contributed by atoms with Crippen molar-refractivity contribution < 1.29 is 0 Å². The summed E-state index contributed by atoms with van der Waals surface area (Å²) >= 11 is 0. The number of hydrogen-bond acceptors (Lipinski definition) is 4. The Morgan fingerprint density at radius 3 is 2.74 bits per heavy atom. The second-order valence-corrected chi connectivity index (χ2v) is 6.03. The molecule has 1 rings (SSSR count). The second kappa shape index (κ2) is 6.70. The lowest BCUT2D eigenvalue weighted by Crippen LogP contribution is -2.35. The number of nitrogens with one attached hydrogen (secondary N) is 1. The van der Waals surface area contributed by atoms with Gasteiger partial charge in [0.05, 0.1) is 0 Å². The van der Waals surface area contributed by atoms with Crippen molar-refractivity contribution in [3.05, 3.63) is 22.7 Å². The Morgan fingerprint density at radius 1 is 1.47 bits per heavy atom. The van der Waals surface area contributed by atoms with E-state index in [1.165, 1.54) is 0 Å². The van der Waals surface area contributed by atoms with E-state index in [2.05, 4.69) is 17.2 Å². The van der Waals surface area contributed by atoms with Crippen LogP contribution in [0.5, 0.6) is 0 Å². The zero-order chi connectivity index (χ0) is 14.5. The number of nitrogens with two attached hydrogens (primary N) is 1. The van der Waals surface area contributed by atoms with Crippen molar-refractivity contribution in [2.75, 3.05) is 18.4 Å². The molecule has 0 spiro atoms. The van der Waals surface area contributed by atoms with E-state index < -0.39 is 0 Å². The molecule has 0 saturated heterocycles. The standard InChI is InChI=1S/C14H26N4O/c1-11(10-15)6-5-7-16-12-13(19)18(9-8-17-12)14(2,3)4/h8-9,11H,5-7,10,15H2,1-4H3,(H,16,17). The van der Waals surface area contributed by atoms with Gasteiger partial charge in [0.25, 0.3) is 5.56 Å². The van der Waals surface area contributed by atoms with Gasteiger partial charge >= 0.3 is 0 Å². The summed E-state index contributed by atoms with van der Waals surface area (Å²) in [6.07, 6.45) is 5.44. The molecule has 5 heteroatoms. The molecule has 19 heavy (non-hydrogen) atoms. The lowest BCUT2D eigenvalue weighted by atomic mass is 10.1. The highest BCUT2D eigenvalue weighted by Crippen LogP contribution is 2.11. The summed E-state index contributed by atoms with van der Waals surface area (Å²) in [6.45, 7) is 9.60. The average Bonchev–Trinajstić information content (AvgIpc) is 2.34. The predicted molar refractivity (Wildman–Crippen MR) is 79.4 cm³/mol. The Balaban J connectivity index is 2.63. The van der Waals surface area contributed by atoms with Crippen LogP contribution >= 0.6 is 0 Å². The summed E-state index contributed by atoms with van der Waals surface area (Å²) in [5.41, 5.74) is 5.27. The fourth-order valence-corrected chi connectivity index (χ4v) is 1.84. The Kier molecular flexibility index (Phi) is 5.54. The maximum atomic E-state index is 12.2. The van der Waals surface area contributed by atoms with Gasteiger partial charge in [0, 0.05) is 24.5 Å². The van der Waals surface area contributed by atoms with Crippen molar-refractivity contribution in [3.8, 4) is 0 Å². The molecular formula is C14H26N4O. The van der Waals surface area contributed by atoms with E-state index in [-0.39, 0.29) is 11.1 Å². The van der Waals surface area contributed by atoms with Crippen LogP contribution in [-0.2, 0) is 5.54 Å². The summed E-state index contributed by atoms with van der Waals surface area (Å²) < 4.78 is 1.70. The molecule has 1 heterocycles. The highest BCUT2D eigenvalue weighted by atomic mass is 16.1.